The summed E-state index contributed by atoms with van der Waals surface area (Å²) in [4.78, 5) is 0. The number of hydrogen-bond donors (Lipinski definition) is 2. The summed E-state index contributed by atoms with van der Waals surface area (Å²) < 4.78 is 10.1. The lowest BCUT2D eigenvalue weighted by Gasteiger charge is -2.12. The van der Waals surface area contributed by atoms with Crippen molar-refractivity contribution in [1.82, 2.24) is 5.32 Å². The Morgan fingerprint density at radius 3 is 2.76 bits per heavy atom. The Kier molecular flexibility index (Phi) is 5.80. The van der Waals surface area contributed by atoms with Crippen molar-refractivity contribution in [1.29, 1.82) is 0 Å². The molecule has 1 rings (SSSR count). The van der Waals surface area contributed by atoms with Gasteiger partial charge in [-0.2, -0.15) is 0 Å². The summed E-state index contributed by atoms with van der Waals surface area (Å²) >= 11 is 0. The highest BCUT2D eigenvalue weighted by Gasteiger charge is 2.04. The minimum Gasteiger partial charge on any atom is -0.504 e. The molecule has 1 atom stereocenters. The Labute approximate surface area is 103 Å². The van der Waals surface area contributed by atoms with E-state index in [1.165, 1.54) is 0 Å². The number of benzene rings is 1. The second-order valence-electron chi connectivity index (χ2n) is 4.20. The fourth-order valence-corrected chi connectivity index (χ4v) is 1.64. The zero-order chi connectivity index (χ0) is 12.7. The Morgan fingerprint density at radius 1 is 1.35 bits per heavy atom. The maximum atomic E-state index is 9.46. The zero-order valence-corrected chi connectivity index (χ0v) is 10.7. The first-order chi connectivity index (χ1) is 8.17. The second-order valence-corrected chi connectivity index (χ2v) is 4.20. The summed E-state index contributed by atoms with van der Waals surface area (Å²) in [5, 5.41) is 12.8. The van der Waals surface area contributed by atoms with Crippen LogP contribution in [0.3, 0.4) is 0 Å². The van der Waals surface area contributed by atoms with Gasteiger partial charge in [-0.15, -0.1) is 0 Å². The molecule has 0 fully saturated rings. The smallest absolute Gasteiger partial charge is 0.160 e. The first-order valence-electron chi connectivity index (χ1n) is 5.73. The van der Waals surface area contributed by atoms with E-state index in [-0.39, 0.29) is 5.75 Å². The van der Waals surface area contributed by atoms with Crippen LogP contribution in [0.2, 0.25) is 0 Å². The van der Waals surface area contributed by atoms with Crippen LogP contribution in [-0.2, 0) is 11.3 Å². The summed E-state index contributed by atoms with van der Waals surface area (Å²) in [6.45, 7) is 4.54. The molecule has 0 aliphatic rings. The number of phenolic OH excluding ortho intramolecular Hbond substituents is 1. The summed E-state index contributed by atoms with van der Waals surface area (Å²) in [7, 11) is 3.26. The van der Waals surface area contributed by atoms with Crippen LogP contribution in [0.25, 0.3) is 0 Å². The molecule has 1 aromatic carbocycles. The topological polar surface area (TPSA) is 50.7 Å². The highest BCUT2D eigenvalue weighted by atomic mass is 16.5. The Balaban J connectivity index is 2.41. The van der Waals surface area contributed by atoms with Gasteiger partial charge in [0.2, 0.25) is 0 Å². The first kappa shape index (κ1) is 13.8. The molecule has 1 aromatic rings. The van der Waals surface area contributed by atoms with Gasteiger partial charge >= 0.3 is 0 Å². The molecule has 0 aliphatic carbocycles. The molecule has 96 valence electrons. The van der Waals surface area contributed by atoms with Gasteiger partial charge in [-0.25, -0.2) is 0 Å². The van der Waals surface area contributed by atoms with Gasteiger partial charge in [0.15, 0.2) is 11.5 Å². The van der Waals surface area contributed by atoms with Gasteiger partial charge in [0.25, 0.3) is 0 Å². The van der Waals surface area contributed by atoms with Crippen LogP contribution in [0.5, 0.6) is 11.5 Å². The van der Waals surface area contributed by atoms with E-state index in [4.69, 9.17) is 9.47 Å². The molecule has 0 bridgehead atoms. The van der Waals surface area contributed by atoms with Crippen molar-refractivity contribution < 1.29 is 14.6 Å². The van der Waals surface area contributed by atoms with Crippen LogP contribution >= 0.6 is 0 Å². The van der Waals surface area contributed by atoms with Crippen molar-refractivity contribution in [2.45, 2.75) is 13.5 Å². The van der Waals surface area contributed by atoms with Crippen molar-refractivity contribution in [2.24, 2.45) is 5.92 Å². The molecule has 0 radical (unpaired) electrons. The molecule has 0 amide bonds. The molecule has 0 saturated carbocycles. The van der Waals surface area contributed by atoms with Gasteiger partial charge in [-0.05, 0) is 23.6 Å². The number of nitrogens with one attached hydrogen (secondary N) is 1. The van der Waals surface area contributed by atoms with E-state index in [9.17, 15) is 5.11 Å². The first-order valence-corrected chi connectivity index (χ1v) is 5.73. The van der Waals surface area contributed by atoms with E-state index in [1.807, 2.05) is 12.1 Å². The van der Waals surface area contributed by atoms with Crippen LogP contribution in [0.15, 0.2) is 18.2 Å². The van der Waals surface area contributed by atoms with Crippen molar-refractivity contribution in [2.75, 3.05) is 27.4 Å². The summed E-state index contributed by atoms with van der Waals surface area (Å²) in [6, 6.07) is 5.36. The van der Waals surface area contributed by atoms with Crippen LogP contribution in [0.1, 0.15) is 12.5 Å². The molecule has 17 heavy (non-hydrogen) atoms. The average molecular weight is 239 g/mol. The standard InChI is InChI=1S/C13H21NO3/c1-10(9-16-2)7-14-8-11-4-5-12(15)13(6-11)17-3/h4-6,10,14-15H,7-9H2,1-3H3. The maximum Gasteiger partial charge on any atom is 0.160 e. The van der Waals surface area contributed by atoms with Crippen molar-refractivity contribution in [3.8, 4) is 11.5 Å². The fraction of sp³-hybridized carbons (Fsp3) is 0.538. The molecule has 4 nitrogen and oxygen atoms in total. The lowest BCUT2D eigenvalue weighted by molar-refractivity contribution is 0.158. The SMILES string of the molecule is COCC(C)CNCc1ccc(O)c(OC)c1. The molecule has 0 spiro atoms. The third-order valence-electron chi connectivity index (χ3n) is 2.52. The van der Waals surface area contributed by atoms with Gasteiger partial charge in [-0.3, -0.25) is 0 Å². The van der Waals surface area contributed by atoms with E-state index < -0.39 is 0 Å². The molecular formula is C13H21NO3. The Hall–Kier alpha value is -1.26. The number of ether oxygens (including phenoxy) is 2. The highest BCUT2D eigenvalue weighted by Crippen LogP contribution is 2.26. The van der Waals surface area contributed by atoms with Gasteiger partial charge in [0, 0.05) is 26.8 Å². The van der Waals surface area contributed by atoms with Gasteiger partial charge in [0.1, 0.15) is 0 Å². The fourth-order valence-electron chi connectivity index (χ4n) is 1.64. The van der Waals surface area contributed by atoms with Crippen molar-refractivity contribution in [3.63, 3.8) is 0 Å². The van der Waals surface area contributed by atoms with E-state index in [0.29, 0.717) is 11.7 Å². The molecule has 0 heterocycles. The molecular weight excluding hydrogens is 218 g/mol. The van der Waals surface area contributed by atoms with Gasteiger partial charge in [0.05, 0.1) is 7.11 Å². The maximum absolute atomic E-state index is 9.46. The molecule has 1 unspecified atom stereocenters. The third-order valence-corrected chi connectivity index (χ3v) is 2.52. The molecule has 0 saturated heterocycles. The van der Waals surface area contributed by atoms with E-state index >= 15 is 0 Å². The molecule has 0 aromatic heterocycles. The van der Waals surface area contributed by atoms with E-state index in [2.05, 4.69) is 12.2 Å². The van der Waals surface area contributed by atoms with E-state index in [1.54, 1.807) is 20.3 Å². The second kappa shape index (κ2) is 7.14. The van der Waals surface area contributed by atoms with Crippen molar-refractivity contribution >= 4 is 0 Å². The summed E-state index contributed by atoms with van der Waals surface area (Å²) in [5.74, 6) is 1.16. The highest BCUT2D eigenvalue weighted by molar-refractivity contribution is 5.41. The lowest BCUT2D eigenvalue weighted by atomic mass is 10.1. The molecule has 4 heteroatoms. The van der Waals surface area contributed by atoms with E-state index in [0.717, 1.165) is 25.3 Å². The van der Waals surface area contributed by atoms with Gasteiger partial charge < -0.3 is 19.9 Å². The molecule has 2 N–H and O–H groups in total. The minimum absolute atomic E-state index is 0.170. The minimum atomic E-state index is 0.170. The lowest BCUT2D eigenvalue weighted by Crippen LogP contribution is -2.23. The molecule has 0 aliphatic heterocycles. The third kappa shape index (κ3) is 4.63. The van der Waals surface area contributed by atoms with Crippen LogP contribution < -0.4 is 10.1 Å². The van der Waals surface area contributed by atoms with Gasteiger partial charge in [-0.1, -0.05) is 13.0 Å². The van der Waals surface area contributed by atoms with Crippen LogP contribution in [0.4, 0.5) is 0 Å². The van der Waals surface area contributed by atoms with Crippen LogP contribution in [0, 0.1) is 5.92 Å². The Morgan fingerprint density at radius 2 is 2.12 bits per heavy atom. The average Bonchev–Trinajstić information content (AvgIpc) is 2.31. The number of phenols is 1. The number of methoxy groups -OCH3 is 2. The number of rotatable bonds is 7. The quantitative estimate of drug-likeness (QED) is 0.761. The number of aromatic hydroxyl groups is 1. The van der Waals surface area contributed by atoms with Crippen molar-refractivity contribution in [3.05, 3.63) is 23.8 Å². The zero-order valence-electron chi connectivity index (χ0n) is 10.7. The summed E-state index contributed by atoms with van der Waals surface area (Å²) in [5.41, 5.74) is 1.09. The Bertz CT molecular complexity index is 341. The van der Waals surface area contributed by atoms with Crippen LogP contribution in [-0.4, -0.2) is 32.5 Å². The normalized spacial score (nSPS) is 12.4. The number of hydrogen-bond acceptors (Lipinski definition) is 4. The predicted octanol–water partition coefficient (Wildman–Crippen LogP) is 1.77. The monoisotopic (exact) mass is 239 g/mol. The predicted molar refractivity (Wildman–Crippen MR) is 67.4 cm³/mol. The largest absolute Gasteiger partial charge is 0.504 e. The summed E-state index contributed by atoms with van der Waals surface area (Å²) in [6.07, 6.45) is 0.